The van der Waals surface area contributed by atoms with E-state index in [0.717, 1.165) is 5.56 Å². The average molecular weight is 292 g/mol. The van der Waals surface area contributed by atoms with E-state index in [2.05, 4.69) is 4.98 Å². The van der Waals surface area contributed by atoms with Crippen LogP contribution in [0.5, 0.6) is 0 Å². The first-order valence-corrected chi connectivity index (χ1v) is 6.95. The van der Waals surface area contributed by atoms with Gasteiger partial charge in [0.05, 0.1) is 0 Å². The van der Waals surface area contributed by atoms with E-state index < -0.39 is 0 Å². The molecule has 0 spiro atoms. The van der Waals surface area contributed by atoms with Gasteiger partial charge in [-0.25, -0.2) is 4.98 Å². The van der Waals surface area contributed by atoms with Gasteiger partial charge in [0.1, 0.15) is 6.54 Å². The van der Waals surface area contributed by atoms with E-state index >= 15 is 0 Å². The predicted molar refractivity (Wildman–Crippen MR) is 79.4 cm³/mol. The second-order valence-corrected chi connectivity index (χ2v) is 5.26. The lowest BCUT2D eigenvalue weighted by atomic mass is 10.2. The molecule has 0 radical (unpaired) electrons. The second kappa shape index (κ2) is 6.57. The molecule has 0 unspecified atom stereocenters. The zero-order valence-corrected chi connectivity index (χ0v) is 12.4. The summed E-state index contributed by atoms with van der Waals surface area (Å²) in [6.07, 6.45) is 3.30. The Hall–Kier alpha value is -1.81. The molecule has 0 aliphatic rings. The zero-order valence-electron chi connectivity index (χ0n) is 11.7. The predicted octanol–water partition coefficient (Wildman–Crippen LogP) is 2.97. The fraction of sp³-hybridized carbons (Fsp3) is 0.333. The number of imidazole rings is 1. The van der Waals surface area contributed by atoms with Crippen molar-refractivity contribution in [3.05, 3.63) is 53.6 Å². The molecule has 20 heavy (non-hydrogen) atoms. The fourth-order valence-corrected chi connectivity index (χ4v) is 2.18. The van der Waals surface area contributed by atoms with Gasteiger partial charge in [0.2, 0.25) is 11.2 Å². The van der Waals surface area contributed by atoms with Crippen molar-refractivity contribution in [1.82, 2.24) is 14.5 Å². The zero-order chi connectivity index (χ0) is 14.5. The molecule has 1 heterocycles. The molecular weight excluding hydrogens is 274 g/mol. The van der Waals surface area contributed by atoms with Crippen LogP contribution in [0.25, 0.3) is 0 Å². The van der Waals surface area contributed by atoms with Crippen molar-refractivity contribution < 1.29 is 4.79 Å². The van der Waals surface area contributed by atoms with E-state index in [-0.39, 0.29) is 18.5 Å². The fourth-order valence-electron chi connectivity index (χ4n) is 2.00. The summed E-state index contributed by atoms with van der Waals surface area (Å²) in [6.45, 7) is 4.83. The number of carbonyl (C=O) groups excluding carboxylic acids is 1. The second-order valence-electron chi connectivity index (χ2n) is 4.93. The Morgan fingerprint density at radius 2 is 2.05 bits per heavy atom. The summed E-state index contributed by atoms with van der Waals surface area (Å²) in [4.78, 5) is 18.2. The van der Waals surface area contributed by atoms with E-state index in [1.54, 1.807) is 17.0 Å². The normalized spacial score (nSPS) is 10.8. The number of hydrogen-bond donors (Lipinski definition) is 0. The highest BCUT2D eigenvalue weighted by atomic mass is 35.5. The number of aromatic nitrogens is 2. The van der Waals surface area contributed by atoms with Crippen molar-refractivity contribution in [3.8, 4) is 0 Å². The van der Waals surface area contributed by atoms with Crippen molar-refractivity contribution in [2.75, 3.05) is 0 Å². The molecule has 1 aromatic carbocycles. The van der Waals surface area contributed by atoms with Crippen molar-refractivity contribution in [2.24, 2.45) is 0 Å². The third-order valence-corrected chi connectivity index (χ3v) is 3.42. The van der Waals surface area contributed by atoms with E-state index in [0.29, 0.717) is 11.8 Å². The molecule has 0 atom stereocenters. The quantitative estimate of drug-likeness (QED) is 0.849. The largest absolute Gasteiger partial charge is 0.334 e. The summed E-state index contributed by atoms with van der Waals surface area (Å²) in [5, 5.41) is 0.335. The molecule has 0 fully saturated rings. The van der Waals surface area contributed by atoms with E-state index in [9.17, 15) is 4.79 Å². The van der Waals surface area contributed by atoms with Crippen molar-refractivity contribution in [3.63, 3.8) is 0 Å². The number of benzene rings is 1. The first kappa shape index (κ1) is 14.6. The lowest BCUT2D eigenvalue weighted by molar-refractivity contribution is -0.134. The molecule has 0 saturated heterocycles. The first-order chi connectivity index (χ1) is 9.58. The molecule has 1 amide bonds. The lowest BCUT2D eigenvalue weighted by Gasteiger charge is -2.27. The molecule has 0 bridgehead atoms. The van der Waals surface area contributed by atoms with Gasteiger partial charge in [0, 0.05) is 25.0 Å². The van der Waals surface area contributed by atoms with Crippen LogP contribution in [0.2, 0.25) is 5.28 Å². The van der Waals surface area contributed by atoms with Crippen LogP contribution in [0.3, 0.4) is 0 Å². The van der Waals surface area contributed by atoms with Crippen molar-refractivity contribution in [1.29, 1.82) is 0 Å². The van der Waals surface area contributed by atoms with Crippen LogP contribution in [0.15, 0.2) is 42.7 Å². The third kappa shape index (κ3) is 3.61. The number of rotatable bonds is 5. The van der Waals surface area contributed by atoms with E-state index in [1.165, 1.54) is 0 Å². The summed E-state index contributed by atoms with van der Waals surface area (Å²) in [7, 11) is 0. The molecule has 0 aliphatic heterocycles. The van der Waals surface area contributed by atoms with Gasteiger partial charge >= 0.3 is 0 Å². The van der Waals surface area contributed by atoms with Crippen LogP contribution in [-0.2, 0) is 17.9 Å². The summed E-state index contributed by atoms with van der Waals surface area (Å²) in [5.41, 5.74) is 1.12. The highest BCUT2D eigenvalue weighted by molar-refractivity contribution is 6.28. The standard InChI is InChI=1S/C15H18ClN3O/c1-12(2)19(10-13-6-4-3-5-7-13)14(20)11-18-9-8-17-15(18)16/h3-9,12H,10-11H2,1-2H3. The van der Waals surface area contributed by atoms with Gasteiger partial charge in [-0.3, -0.25) is 4.79 Å². The highest BCUT2D eigenvalue weighted by Crippen LogP contribution is 2.11. The molecular formula is C15H18ClN3O. The summed E-state index contributed by atoms with van der Waals surface area (Å²) in [6, 6.07) is 10.1. The van der Waals surface area contributed by atoms with Gasteiger partial charge in [-0.1, -0.05) is 30.3 Å². The van der Waals surface area contributed by atoms with Gasteiger partial charge < -0.3 is 9.47 Å². The molecule has 106 valence electrons. The number of hydrogen-bond acceptors (Lipinski definition) is 2. The number of halogens is 1. The number of nitrogens with zero attached hydrogens (tertiary/aromatic N) is 3. The Kier molecular flexibility index (Phi) is 4.79. The Balaban J connectivity index is 2.08. The van der Waals surface area contributed by atoms with Gasteiger partial charge in [0.15, 0.2) is 0 Å². The minimum absolute atomic E-state index is 0.0313. The van der Waals surface area contributed by atoms with Crippen molar-refractivity contribution in [2.45, 2.75) is 33.0 Å². The number of amides is 1. The molecule has 0 saturated carbocycles. The maximum absolute atomic E-state index is 12.4. The Labute approximate surface area is 124 Å². The first-order valence-electron chi connectivity index (χ1n) is 6.58. The number of carbonyl (C=O) groups is 1. The smallest absolute Gasteiger partial charge is 0.243 e. The summed E-state index contributed by atoms with van der Waals surface area (Å²) >= 11 is 5.91. The summed E-state index contributed by atoms with van der Waals surface area (Å²) in [5.74, 6) is 0.0313. The monoisotopic (exact) mass is 291 g/mol. The van der Waals surface area contributed by atoms with Gasteiger partial charge in [0.25, 0.3) is 0 Å². The Morgan fingerprint density at radius 3 is 2.60 bits per heavy atom. The maximum Gasteiger partial charge on any atom is 0.243 e. The van der Waals surface area contributed by atoms with Gasteiger partial charge in [-0.2, -0.15) is 0 Å². The molecule has 5 heteroatoms. The Morgan fingerprint density at radius 1 is 1.35 bits per heavy atom. The molecule has 2 aromatic rings. The Bertz CT molecular complexity index is 566. The van der Waals surface area contributed by atoms with Crippen molar-refractivity contribution >= 4 is 17.5 Å². The van der Waals surface area contributed by atoms with Crippen LogP contribution < -0.4 is 0 Å². The van der Waals surface area contributed by atoms with Crippen LogP contribution >= 0.6 is 11.6 Å². The minimum Gasteiger partial charge on any atom is -0.334 e. The van der Waals surface area contributed by atoms with Gasteiger partial charge in [-0.05, 0) is 31.0 Å². The average Bonchev–Trinajstić information content (AvgIpc) is 2.82. The maximum atomic E-state index is 12.4. The van der Waals surface area contributed by atoms with E-state index in [1.807, 2.05) is 49.1 Å². The molecule has 0 N–H and O–H groups in total. The van der Waals surface area contributed by atoms with E-state index in [4.69, 9.17) is 11.6 Å². The van der Waals surface area contributed by atoms with Crippen LogP contribution in [0.1, 0.15) is 19.4 Å². The van der Waals surface area contributed by atoms with Crippen LogP contribution in [0, 0.1) is 0 Å². The SMILES string of the molecule is CC(C)N(Cc1ccccc1)C(=O)Cn1ccnc1Cl. The minimum atomic E-state index is 0.0313. The summed E-state index contributed by atoms with van der Waals surface area (Å²) < 4.78 is 1.64. The molecule has 0 aliphatic carbocycles. The lowest BCUT2D eigenvalue weighted by Crippen LogP contribution is -2.38. The third-order valence-electron chi connectivity index (χ3n) is 3.11. The van der Waals surface area contributed by atoms with Crippen LogP contribution in [-0.4, -0.2) is 26.4 Å². The van der Waals surface area contributed by atoms with Gasteiger partial charge in [-0.15, -0.1) is 0 Å². The van der Waals surface area contributed by atoms with Crippen LogP contribution in [0.4, 0.5) is 0 Å². The topological polar surface area (TPSA) is 38.1 Å². The molecule has 4 nitrogen and oxygen atoms in total. The molecule has 2 rings (SSSR count). The molecule has 1 aromatic heterocycles. The highest BCUT2D eigenvalue weighted by Gasteiger charge is 2.18.